The van der Waals surface area contributed by atoms with Gasteiger partial charge in [0.05, 0.1) is 6.61 Å². The molecule has 0 saturated carbocycles. The Morgan fingerprint density at radius 2 is 2.00 bits per heavy atom. The molecule has 0 spiro atoms. The number of carbonyl (C=O) groups is 1. The van der Waals surface area contributed by atoms with Crippen LogP contribution < -0.4 is 11.1 Å². The van der Waals surface area contributed by atoms with E-state index < -0.39 is 6.04 Å². The molecule has 0 aliphatic carbocycles. The molecule has 0 radical (unpaired) electrons. The maximum absolute atomic E-state index is 11.9. The van der Waals surface area contributed by atoms with Crippen LogP contribution >= 0.6 is 24.8 Å². The summed E-state index contributed by atoms with van der Waals surface area (Å²) in [6.45, 7) is 5.57. The van der Waals surface area contributed by atoms with Crippen LogP contribution in [0.3, 0.4) is 0 Å². The van der Waals surface area contributed by atoms with Crippen LogP contribution in [0.4, 0.5) is 5.69 Å². The van der Waals surface area contributed by atoms with E-state index in [0.717, 1.165) is 17.6 Å². The second-order valence-corrected chi connectivity index (χ2v) is 5.69. The van der Waals surface area contributed by atoms with Crippen molar-refractivity contribution >= 4 is 47.3 Å². The van der Waals surface area contributed by atoms with Gasteiger partial charge in [-0.3, -0.25) is 4.79 Å². The van der Waals surface area contributed by atoms with Crippen LogP contribution in [0, 0.1) is 5.92 Å². The summed E-state index contributed by atoms with van der Waals surface area (Å²) in [5.41, 5.74) is 7.63. The number of methoxy groups -OCH3 is 1. The summed E-state index contributed by atoms with van der Waals surface area (Å²) in [4.78, 5) is 11.9. The average molecular weight is 362 g/mol. The third kappa shape index (κ3) is 5.70. The zero-order valence-electron chi connectivity index (χ0n) is 13.6. The highest BCUT2D eigenvalue weighted by Gasteiger charge is 2.13. The third-order valence-electron chi connectivity index (χ3n) is 3.28. The normalized spacial score (nSPS) is 11.7. The van der Waals surface area contributed by atoms with Crippen molar-refractivity contribution in [3.63, 3.8) is 0 Å². The van der Waals surface area contributed by atoms with Crippen LogP contribution in [0.5, 0.6) is 0 Å². The number of hydrogen-bond acceptors (Lipinski definition) is 3. The van der Waals surface area contributed by atoms with Crippen molar-refractivity contribution in [1.82, 2.24) is 4.57 Å². The van der Waals surface area contributed by atoms with Crippen LogP contribution in [0.15, 0.2) is 30.5 Å². The summed E-state index contributed by atoms with van der Waals surface area (Å²) in [7, 11) is 1.52. The van der Waals surface area contributed by atoms with Gasteiger partial charge in [-0.05, 0) is 30.2 Å². The first kappa shape index (κ1) is 21.7. The summed E-state index contributed by atoms with van der Waals surface area (Å²) in [6.07, 6.45) is 2.08. The maximum Gasteiger partial charge on any atom is 0.243 e. The molecule has 2 rings (SSSR count). The average Bonchev–Trinajstić information content (AvgIpc) is 2.81. The summed E-state index contributed by atoms with van der Waals surface area (Å²) >= 11 is 0. The largest absolute Gasteiger partial charge is 0.383 e. The van der Waals surface area contributed by atoms with Crippen molar-refractivity contribution in [3.05, 3.63) is 30.5 Å². The van der Waals surface area contributed by atoms with E-state index in [0.29, 0.717) is 5.92 Å². The lowest BCUT2D eigenvalue weighted by Gasteiger charge is -2.12. The number of ether oxygens (including phenoxy) is 1. The van der Waals surface area contributed by atoms with Gasteiger partial charge in [-0.2, -0.15) is 0 Å². The fourth-order valence-electron chi connectivity index (χ4n) is 2.32. The number of nitrogens with two attached hydrogens (primary N) is 1. The van der Waals surface area contributed by atoms with E-state index in [1.54, 1.807) is 0 Å². The zero-order chi connectivity index (χ0) is 15.4. The number of rotatable bonds is 6. The Balaban J connectivity index is 0.00000242. The molecular weight excluding hydrogens is 337 g/mol. The number of fused-ring (bicyclic) bond motifs is 1. The van der Waals surface area contributed by atoms with Crippen molar-refractivity contribution in [2.75, 3.05) is 19.0 Å². The number of carbonyl (C=O) groups excluding carboxylic acids is 1. The highest BCUT2D eigenvalue weighted by atomic mass is 35.5. The first-order valence-corrected chi connectivity index (χ1v) is 7.15. The smallest absolute Gasteiger partial charge is 0.243 e. The second kappa shape index (κ2) is 9.78. The summed E-state index contributed by atoms with van der Waals surface area (Å²) < 4.78 is 7.11. The van der Waals surface area contributed by atoms with Crippen LogP contribution in [0.2, 0.25) is 0 Å². The van der Waals surface area contributed by atoms with Crippen molar-refractivity contribution < 1.29 is 9.53 Å². The van der Waals surface area contributed by atoms with E-state index in [9.17, 15) is 4.79 Å². The molecule has 1 heterocycles. The SMILES string of the molecule is COCC(N)C(=O)Nc1ccc2c(ccn2CC(C)C)c1.Cl.Cl. The molecule has 1 aromatic heterocycles. The number of amides is 1. The fourth-order valence-corrected chi connectivity index (χ4v) is 2.32. The van der Waals surface area contributed by atoms with Crippen molar-refractivity contribution in [2.45, 2.75) is 26.4 Å². The predicted octanol–water partition coefficient (Wildman–Crippen LogP) is 3.05. The van der Waals surface area contributed by atoms with Gasteiger partial charge >= 0.3 is 0 Å². The van der Waals surface area contributed by atoms with Crippen LogP contribution in [-0.2, 0) is 16.1 Å². The lowest BCUT2D eigenvalue weighted by atomic mass is 10.2. The first-order chi connectivity index (χ1) is 10.0. The lowest BCUT2D eigenvalue weighted by molar-refractivity contribution is -0.118. The molecule has 0 aliphatic heterocycles. The van der Waals surface area contributed by atoms with Gasteiger partial charge in [0, 0.05) is 36.4 Å². The number of nitrogens with one attached hydrogen (secondary N) is 1. The van der Waals surface area contributed by atoms with Crippen LogP contribution in [-0.4, -0.2) is 30.2 Å². The number of nitrogens with zero attached hydrogens (tertiary/aromatic N) is 1. The maximum atomic E-state index is 11.9. The minimum Gasteiger partial charge on any atom is -0.383 e. The molecule has 1 atom stereocenters. The summed E-state index contributed by atoms with van der Waals surface area (Å²) in [5, 5.41) is 3.92. The van der Waals surface area contributed by atoms with Crippen molar-refractivity contribution in [2.24, 2.45) is 11.7 Å². The lowest BCUT2D eigenvalue weighted by Crippen LogP contribution is -2.39. The van der Waals surface area contributed by atoms with Gasteiger partial charge in [0.15, 0.2) is 0 Å². The highest BCUT2D eigenvalue weighted by Crippen LogP contribution is 2.21. The number of aromatic nitrogens is 1. The number of anilines is 1. The molecule has 0 aliphatic rings. The molecular formula is C16H25Cl2N3O2. The molecule has 5 nitrogen and oxygen atoms in total. The molecule has 7 heteroatoms. The number of hydrogen-bond donors (Lipinski definition) is 2. The van der Waals surface area contributed by atoms with Gasteiger partial charge in [0.2, 0.25) is 5.91 Å². The Bertz CT molecular complexity index is 629. The monoisotopic (exact) mass is 361 g/mol. The first-order valence-electron chi connectivity index (χ1n) is 7.15. The topological polar surface area (TPSA) is 69.3 Å². The van der Waals surface area contributed by atoms with Crippen molar-refractivity contribution in [1.29, 1.82) is 0 Å². The van der Waals surface area contributed by atoms with Gasteiger partial charge in [0.1, 0.15) is 6.04 Å². The minimum atomic E-state index is -0.656. The minimum absolute atomic E-state index is 0. The van der Waals surface area contributed by atoms with E-state index in [2.05, 4.69) is 36.0 Å². The molecule has 130 valence electrons. The Morgan fingerprint density at radius 1 is 1.30 bits per heavy atom. The molecule has 1 amide bonds. The quantitative estimate of drug-likeness (QED) is 0.830. The molecule has 0 bridgehead atoms. The molecule has 2 aromatic rings. The zero-order valence-corrected chi connectivity index (χ0v) is 15.2. The van der Waals surface area contributed by atoms with Crippen molar-refractivity contribution in [3.8, 4) is 0 Å². The van der Waals surface area contributed by atoms with Crippen LogP contribution in [0.25, 0.3) is 10.9 Å². The molecule has 1 aromatic carbocycles. The van der Waals surface area contributed by atoms with Crippen LogP contribution in [0.1, 0.15) is 13.8 Å². The molecule has 3 N–H and O–H groups in total. The van der Waals surface area contributed by atoms with Gasteiger partial charge in [-0.1, -0.05) is 13.8 Å². The van der Waals surface area contributed by atoms with E-state index in [1.807, 2.05) is 18.2 Å². The fraction of sp³-hybridized carbons (Fsp3) is 0.438. The second-order valence-electron chi connectivity index (χ2n) is 5.69. The van der Waals surface area contributed by atoms with E-state index in [-0.39, 0.29) is 37.3 Å². The predicted molar refractivity (Wildman–Crippen MR) is 99.8 cm³/mol. The highest BCUT2D eigenvalue weighted by molar-refractivity contribution is 5.96. The van der Waals surface area contributed by atoms with E-state index >= 15 is 0 Å². The summed E-state index contributed by atoms with van der Waals surface area (Å²) in [6, 6.07) is 7.29. The summed E-state index contributed by atoms with van der Waals surface area (Å²) in [5.74, 6) is 0.352. The Morgan fingerprint density at radius 3 is 2.61 bits per heavy atom. The van der Waals surface area contributed by atoms with Gasteiger partial charge in [-0.25, -0.2) is 0 Å². The number of halogens is 2. The van der Waals surface area contributed by atoms with E-state index in [4.69, 9.17) is 10.5 Å². The molecule has 1 unspecified atom stereocenters. The third-order valence-corrected chi connectivity index (χ3v) is 3.28. The van der Waals surface area contributed by atoms with Gasteiger partial charge in [-0.15, -0.1) is 24.8 Å². The molecule has 23 heavy (non-hydrogen) atoms. The Hall–Kier alpha value is -1.27. The number of benzene rings is 1. The standard InChI is InChI=1S/C16H23N3O2.2ClH/c1-11(2)9-19-7-6-12-8-13(4-5-15(12)19)18-16(20)14(17)10-21-3;;/h4-8,11,14H,9-10,17H2,1-3H3,(H,18,20);2*1H. The van der Waals surface area contributed by atoms with Gasteiger partial charge in [0.25, 0.3) is 0 Å². The Labute approximate surface area is 149 Å². The molecule has 0 fully saturated rings. The Kier molecular flexibility index (Phi) is 9.24. The van der Waals surface area contributed by atoms with Gasteiger partial charge < -0.3 is 20.4 Å². The van der Waals surface area contributed by atoms with E-state index in [1.165, 1.54) is 12.6 Å². The molecule has 0 saturated heterocycles.